The third-order valence-electron chi connectivity index (χ3n) is 3.98. The van der Waals surface area contributed by atoms with Crippen molar-refractivity contribution in [2.75, 3.05) is 43.3 Å². The summed E-state index contributed by atoms with van der Waals surface area (Å²) in [5.74, 6) is 1.96. The number of aromatic nitrogens is 1. The Morgan fingerprint density at radius 2 is 1.92 bits per heavy atom. The van der Waals surface area contributed by atoms with E-state index >= 15 is 0 Å². The smallest absolute Gasteiger partial charge is 0.257 e. The number of rotatable bonds is 3. The van der Waals surface area contributed by atoms with Crippen LogP contribution in [0.3, 0.4) is 0 Å². The quantitative estimate of drug-likeness (QED) is 0.928. The summed E-state index contributed by atoms with van der Waals surface area (Å²) in [7, 11) is 0. The topological polar surface area (TPSA) is 72.9 Å². The summed E-state index contributed by atoms with van der Waals surface area (Å²) >= 11 is 0. The third-order valence-corrected chi connectivity index (χ3v) is 3.98. The van der Waals surface area contributed by atoms with Crippen molar-refractivity contribution in [1.29, 1.82) is 0 Å². The van der Waals surface area contributed by atoms with Gasteiger partial charge in [-0.1, -0.05) is 0 Å². The fourth-order valence-corrected chi connectivity index (χ4v) is 2.68. The second kappa shape index (κ2) is 6.37. The number of ether oxygens (including phenoxy) is 3. The molecule has 1 amide bonds. The molecule has 1 saturated heterocycles. The molecule has 0 spiro atoms. The number of carbonyl (C=O) groups excluding carboxylic acids is 1. The van der Waals surface area contributed by atoms with Gasteiger partial charge >= 0.3 is 0 Å². The van der Waals surface area contributed by atoms with Crippen molar-refractivity contribution >= 4 is 17.4 Å². The van der Waals surface area contributed by atoms with E-state index in [0.29, 0.717) is 36.0 Å². The minimum absolute atomic E-state index is 0.208. The fraction of sp³-hybridized carbons (Fsp3) is 0.294. The van der Waals surface area contributed by atoms with Crippen molar-refractivity contribution in [3.63, 3.8) is 0 Å². The Hall–Kier alpha value is -2.80. The number of fused-ring (bicyclic) bond motifs is 1. The summed E-state index contributed by atoms with van der Waals surface area (Å²) < 4.78 is 15.9. The van der Waals surface area contributed by atoms with Gasteiger partial charge in [-0.25, -0.2) is 4.98 Å². The second-order valence-electron chi connectivity index (χ2n) is 5.53. The van der Waals surface area contributed by atoms with Gasteiger partial charge in [-0.15, -0.1) is 0 Å². The normalized spacial score (nSPS) is 16.1. The van der Waals surface area contributed by atoms with E-state index in [-0.39, 0.29) is 12.7 Å². The van der Waals surface area contributed by atoms with Crippen LogP contribution in [0.4, 0.5) is 11.5 Å². The predicted molar refractivity (Wildman–Crippen MR) is 87.8 cm³/mol. The molecule has 3 heterocycles. The van der Waals surface area contributed by atoms with Gasteiger partial charge in [0, 0.05) is 31.0 Å². The first-order valence-corrected chi connectivity index (χ1v) is 7.79. The largest absolute Gasteiger partial charge is 0.454 e. The molecule has 0 bridgehead atoms. The van der Waals surface area contributed by atoms with Gasteiger partial charge in [0.2, 0.25) is 6.79 Å². The Kier molecular flexibility index (Phi) is 3.92. The summed E-state index contributed by atoms with van der Waals surface area (Å²) in [6, 6.07) is 8.94. The molecular formula is C17H17N3O4. The van der Waals surface area contributed by atoms with Crippen molar-refractivity contribution < 1.29 is 19.0 Å². The molecule has 1 aromatic heterocycles. The number of carbonyl (C=O) groups is 1. The second-order valence-corrected chi connectivity index (χ2v) is 5.53. The molecule has 0 radical (unpaired) electrons. The summed E-state index contributed by atoms with van der Waals surface area (Å²) in [4.78, 5) is 18.9. The van der Waals surface area contributed by atoms with E-state index in [0.717, 1.165) is 18.9 Å². The van der Waals surface area contributed by atoms with E-state index in [2.05, 4.69) is 15.2 Å². The highest BCUT2D eigenvalue weighted by atomic mass is 16.7. The van der Waals surface area contributed by atoms with E-state index < -0.39 is 0 Å². The Morgan fingerprint density at radius 1 is 1.08 bits per heavy atom. The van der Waals surface area contributed by atoms with Crippen LogP contribution in [0.25, 0.3) is 0 Å². The van der Waals surface area contributed by atoms with E-state index in [4.69, 9.17) is 14.2 Å². The van der Waals surface area contributed by atoms with Crippen LogP contribution in [0.1, 0.15) is 10.4 Å². The number of hydrogen-bond acceptors (Lipinski definition) is 6. The van der Waals surface area contributed by atoms with Gasteiger partial charge in [-0.05, 0) is 24.3 Å². The first-order chi connectivity index (χ1) is 11.8. The maximum atomic E-state index is 12.3. The van der Waals surface area contributed by atoms with E-state index in [1.54, 1.807) is 30.5 Å². The molecular weight excluding hydrogens is 310 g/mol. The number of hydrogen-bond donors (Lipinski definition) is 1. The monoisotopic (exact) mass is 327 g/mol. The lowest BCUT2D eigenvalue weighted by atomic mass is 10.2. The van der Waals surface area contributed by atoms with Gasteiger partial charge in [0.15, 0.2) is 11.5 Å². The van der Waals surface area contributed by atoms with Crippen LogP contribution in [0.2, 0.25) is 0 Å². The maximum Gasteiger partial charge on any atom is 0.257 e. The lowest BCUT2D eigenvalue weighted by Crippen LogP contribution is -2.36. The highest BCUT2D eigenvalue weighted by molar-refractivity contribution is 6.04. The van der Waals surface area contributed by atoms with Gasteiger partial charge in [-0.3, -0.25) is 4.79 Å². The molecule has 0 unspecified atom stereocenters. The first kappa shape index (κ1) is 14.8. The third kappa shape index (κ3) is 2.98. The summed E-state index contributed by atoms with van der Waals surface area (Å²) in [5.41, 5.74) is 1.16. The maximum absolute atomic E-state index is 12.3. The Balaban J connectivity index is 1.44. The number of pyridine rings is 1. The van der Waals surface area contributed by atoms with Gasteiger partial charge < -0.3 is 24.4 Å². The van der Waals surface area contributed by atoms with Gasteiger partial charge in [0.05, 0.1) is 18.8 Å². The average molecular weight is 327 g/mol. The summed E-state index contributed by atoms with van der Waals surface area (Å²) in [6.07, 6.45) is 1.59. The lowest BCUT2D eigenvalue weighted by molar-refractivity contribution is 0.102. The predicted octanol–water partition coefficient (Wildman–Crippen LogP) is 1.90. The zero-order valence-corrected chi connectivity index (χ0v) is 13.0. The number of benzene rings is 1. The number of anilines is 2. The number of amides is 1. The molecule has 2 aromatic rings. The minimum atomic E-state index is -0.213. The molecule has 124 valence electrons. The molecule has 1 fully saturated rings. The van der Waals surface area contributed by atoms with E-state index in [1.807, 2.05) is 6.07 Å². The number of morpholine rings is 1. The molecule has 0 aliphatic carbocycles. The molecule has 2 aliphatic heterocycles. The molecule has 7 nitrogen and oxygen atoms in total. The highest BCUT2D eigenvalue weighted by Crippen LogP contribution is 2.34. The van der Waals surface area contributed by atoms with E-state index in [1.165, 1.54) is 0 Å². The van der Waals surface area contributed by atoms with Crippen LogP contribution in [0.15, 0.2) is 36.5 Å². The van der Waals surface area contributed by atoms with Crippen molar-refractivity contribution in [2.45, 2.75) is 0 Å². The minimum Gasteiger partial charge on any atom is -0.454 e. The zero-order valence-electron chi connectivity index (χ0n) is 13.0. The highest BCUT2D eigenvalue weighted by Gasteiger charge is 2.16. The zero-order chi connectivity index (χ0) is 16.4. The Bertz CT molecular complexity index is 742. The van der Waals surface area contributed by atoms with Gasteiger partial charge in [0.25, 0.3) is 5.91 Å². The standard InChI is InChI=1S/C17H17N3O4/c21-17(19-13-2-3-14-15(9-13)24-11-23-14)12-1-4-16(18-10-12)20-5-7-22-8-6-20/h1-4,9-10H,5-8,11H2,(H,19,21). The van der Waals surface area contributed by atoms with Crippen LogP contribution in [-0.4, -0.2) is 44.0 Å². The molecule has 1 aromatic carbocycles. The molecule has 24 heavy (non-hydrogen) atoms. The molecule has 2 aliphatic rings. The Morgan fingerprint density at radius 3 is 2.71 bits per heavy atom. The Labute approximate surface area is 139 Å². The van der Waals surface area contributed by atoms with Crippen LogP contribution < -0.4 is 19.7 Å². The average Bonchev–Trinajstić information content (AvgIpc) is 3.10. The molecule has 4 rings (SSSR count). The van der Waals surface area contributed by atoms with Crippen LogP contribution >= 0.6 is 0 Å². The molecule has 7 heteroatoms. The van der Waals surface area contributed by atoms with Gasteiger partial charge in [-0.2, -0.15) is 0 Å². The van der Waals surface area contributed by atoms with Gasteiger partial charge in [0.1, 0.15) is 5.82 Å². The van der Waals surface area contributed by atoms with Crippen molar-refractivity contribution in [3.05, 3.63) is 42.1 Å². The first-order valence-electron chi connectivity index (χ1n) is 7.79. The molecule has 0 atom stereocenters. The SMILES string of the molecule is O=C(Nc1ccc2c(c1)OCO2)c1ccc(N2CCOCC2)nc1. The van der Waals surface area contributed by atoms with Crippen molar-refractivity contribution in [2.24, 2.45) is 0 Å². The van der Waals surface area contributed by atoms with Crippen LogP contribution in [0.5, 0.6) is 11.5 Å². The van der Waals surface area contributed by atoms with Crippen molar-refractivity contribution in [1.82, 2.24) is 4.98 Å². The molecule has 1 N–H and O–H groups in total. The number of nitrogens with zero attached hydrogens (tertiary/aromatic N) is 2. The van der Waals surface area contributed by atoms with Crippen molar-refractivity contribution in [3.8, 4) is 11.5 Å². The fourth-order valence-electron chi connectivity index (χ4n) is 2.68. The lowest BCUT2D eigenvalue weighted by Gasteiger charge is -2.27. The van der Waals surface area contributed by atoms with E-state index in [9.17, 15) is 4.79 Å². The molecule has 0 saturated carbocycles. The number of nitrogens with one attached hydrogen (secondary N) is 1. The van der Waals surface area contributed by atoms with Crippen LogP contribution in [-0.2, 0) is 4.74 Å². The summed E-state index contributed by atoms with van der Waals surface area (Å²) in [5, 5.41) is 2.84. The summed E-state index contributed by atoms with van der Waals surface area (Å²) in [6.45, 7) is 3.24. The van der Waals surface area contributed by atoms with Crippen LogP contribution in [0, 0.1) is 0 Å².